The van der Waals surface area contributed by atoms with Crippen molar-refractivity contribution in [1.29, 1.82) is 0 Å². The van der Waals surface area contributed by atoms with Crippen LogP contribution in [0, 0.1) is 11.8 Å². The zero-order chi connectivity index (χ0) is 16.1. The van der Waals surface area contributed by atoms with Gasteiger partial charge in [0.2, 0.25) is 0 Å². The summed E-state index contributed by atoms with van der Waals surface area (Å²) in [6, 6.07) is 1.45. The number of likely N-dealkylation sites (N-methyl/N-ethyl adjacent to an activating group) is 1. The van der Waals surface area contributed by atoms with Crippen LogP contribution >= 0.6 is 0 Å². The van der Waals surface area contributed by atoms with E-state index < -0.39 is 0 Å². The molecule has 3 fully saturated rings. The van der Waals surface area contributed by atoms with Gasteiger partial charge in [-0.2, -0.15) is 0 Å². The lowest BCUT2D eigenvalue weighted by atomic mass is 9.71. The smallest absolute Gasteiger partial charge is 0.0169 e. The molecule has 1 heterocycles. The molecule has 0 spiro atoms. The highest BCUT2D eigenvalue weighted by Gasteiger charge is 2.33. The van der Waals surface area contributed by atoms with E-state index in [1.54, 1.807) is 0 Å². The first-order valence-corrected chi connectivity index (χ1v) is 10.4. The van der Waals surface area contributed by atoms with Crippen LogP contribution in [0.25, 0.3) is 0 Å². The molecular weight excluding hydrogens is 282 g/mol. The van der Waals surface area contributed by atoms with Gasteiger partial charge in [-0.25, -0.2) is 0 Å². The van der Waals surface area contributed by atoms with E-state index in [0.717, 1.165) is 17.9 Å². The van der Waals surface area contributed by atoms with Gasteiger partial charge in [-0.3, -0.25) is 4.90 Å². The summed E-state index contributed by atoms with van der Waals surface area (Å²) in [5, 5.41) is 4.07. The fourth-order valence-electron chi connectivity index (χ4n) is 5.33. The Balaban J connectivity index is 1.47. The maximum Gasteiger partial charge on any atom is 0.0169 e. The van der Waals surface area contributed by atoms with Crippen molar-refractivity contribution >= 4 is 0 Å². The minimum absolute atomic E-state index is 0.646. The topological polar surface area (TPSA) is 18.5 Å². The Hall–Kier alpha value is -0.120. The van der Waals surface area contributed by atoms with Crippen LogP contribution in [0.2, 0.25) is 0 Å². The van der Waals surface area contributed by atoms with E-state index in [1.165, 1.54) is 90.5 Å². The van der Waals surface area contributed by atoms with Crippen molar-refractivity contribution in [2.24, 2.45) is 11.8 Å². The zero-order valence-corrected chi connectivity index (χ0v) is 15.6. The molecule has 0 unspecified atom stereocenters. The molecule has 3 nitrogen and oxygen atoms in total. The summed E-state index contributed by atoms with van der Waals surface area (Å²) in [6.45, 7) is 8.63. The van der Waals surface area contributed by atoms with Gasteiger partial charge in [0.05, 0.1) is 0 Å². The molecule has 1 saturated heterocycles. The molecule has 0 aromatic rings. The molecule has 2 saturated carbocycles. The van der Waals surface area contributed by atoms with Crippen LogP contribution in [-0.4, -0.2) is 61.7 Å². The molecule has 134 valence electrons. The molecule has 0 radical (unpaired) electrons. The summed E-state index contributed by atoms with van der Waals surface area (Å²) < 4.78 is 0. The Bertz CT molecular complexity index is 332. The van der Waals surface area contributed by atoms with E-state index >= 15 is 0 Å². The average Bonchev–Trinajstić information content (AvgIpc) is 2.58. The number of hydrogen-bond donors (Lipinski definition) is 1. The second-order valence-corrected chi connectivity index (χ2v) is 8.62. The summed E-state index contributed by atoms with van der Waals surface area (Å²) in [6.07, 6.45) is 13.3. The lowest BCUT2D eigenvalue weighted by Crippen LogP contribution is -2.52. The van der Waals surface area contributed by atoms with Gasteiger partial charge in [-0.15, -0.1) is 0 Å². The van der Waals surface area contributed by atoms with Crippen LogP contribution in [0.5, 0.6) is 0 Å². The van der Waals surface area contributed by atoms with Crippen molar-refractivity contribution in [1.82, 2.24) is 15.1 Å². The Morgan fingerprint density at radius 1 is 0.870 bits per heavy atom. The third-order valence-corrected chi connectivity index (χ3v) is 6.70. The Kier molecular flexibility index (Phi) is 6.79. The van der Waals surface area contributed by atoms with Crippen molar-refractivity contribution in [2.75, 3.05) is 39.8 Å². The van der Waals surface area contributed by atoms with Crippen LogP contribution in [0.15, 0.2) is 0 Å². The highest BCUT2D eigenvalue weighted by Crippen LogP contribution is 2.38. The fraction of sp³-hybridized carbons (Fsp3) is 1.00. The van der Waals surface area contributed by atoms with Gasteiger partial charge < -0.3 is 10.2 Å². The molecule has 0 aromatic heterocycles. The predicted molar refractivity (Wildman–Crippen MR) is 98.9 cm³/mol. The second-order valence-electron chi connectivity index (χ2n) is 8.62. The standard InChI is InChI=1S/C20H39N3/c1-17(16-23-14-12-22(2)13-15-23)21-20-11-7-6-10-19(20)18-8-4-3-5-9-18/h17-21H,3-16H2,1-2H3/t17-,19-,20-/m1/s1. The number of rotatable bonds is 5. The molecule has 0 bridgehead atoms. The number of nitrogens with zero attached hydrogens (tertiary/aromatic N) is 2. The van der Waals surface area contributed by atoms with Gasteiger partial charge in [0.1, 0.15) is 0 Å². The molecule has 23 heavy (non-hydrogen) atoms. The minimum Gasteiger partial charge on any atom is -0.310 e. The van der Waals surface area contributed by atoms with Crippen LogP contribution in [0.4, 0.5) is 0 Å². The normalized spacial score (nSPS) is 33.7. The Morgan fingerprint density at radius 3 is 2.26 bits per heavy atom. The van der Waals surface area contributed by atoms with Gasteiger partial charge in [0.25, 0.3) is 0 Å². The monoisotopic (exact) mass is 321 g/mol. The van der Waals surface area contributed by atoms with Crippen LogP contribution in [-0.2, 0) is 0 Å². The molecule has 0 amide bonds. The van der Waals surface area contributed by atoms with Crippen molar-refractivity contribution in [3.05, 3.63) is 0 Å². The van der Waals surface area contributed by atoms with Gasteiger partial charge >= 0.3 is 0 Å². The van der Waals surface area contributed by atoms with Crippen molar-refractivity contribution in [3.63, 3.8) is 0 Å². The van der Waals surface area contributed by atoms with E-state index in [1.807, 2.05) is 0 Å². The maximum absolute atomic E-state index is 4.07. The average molecular weight is 322 g/mol. The van der Waals surface area contributed by atoms with E-state index in [9.17, 15) is 0 Å². The SMILES string of the molecule is C[C@H](CN1CCN(C)CC1)N[C@@H]1CCCC[C@@H]1C1CCCCC1. The molecule has 0 aromatic carbocycles. The van der Waals surface area contributed by atoms with Gasteiger partial charge in [-0.1, -0.05) is 44.9 Å². The summed E-state index contributed by atoms with van der Waals surface area (Å²) in [5.41, 5.74) is 0. The first-order chi connectivity index (χ1) is 11.2. The van der Waals surface area contributed by atoms with Crippen LogP contribution in [0.1, 0.15) is 64.7 Å². The lowest BCUT2D eigenvalue weighted by Gasteiger charge is -2.41. The highest BCUT2D eigenvalue weighted by atomic mass is 15.3. The van der Waals surface area contributed by atoms with E-state index in [4.69, 9.17) is 0 Å². The van der Waals surface area contributed by atoms with Gasteiger partial charge in [-0.05, 0) is 38.6 Å². The third-order valence-electron chi connectivity index (χ3n) is 6.70. The third kappa shape index (κ3) is 5.17. The van der Waals surface area contributed by atoms with Crippen molar-refractivity contribution in [3.8, 4) is 0 Å². The maximum atomic E-state index is 4.07. The Morgan fingerprint density at radius 2 is 1.52 bits per heavy atom. The largest absolute Gasteiger partial charge is 0.310 e. The molecular formula is C20H39N3. The second kappa shape index (κ2) is 8.82. The van der Waals surface area contributed by atoms with Crippen LogP contribution < -0.4 is 5.32 Å². The van der Waals surface area contributed by atoms with Crippen molar-refractivity contribution in [2.45, 2.75) is 76.8 Å². The van der Waals surface area contributed by atoms with Gasteiger partial charge in [0, 0.05) is 44.8 Å². The summed E-state index contributed by atoms with van der Waals surface area (Å²) in [7, 11) is 2.25. The number of nitrogens with one attached hydrogen (secondary N) is 1. The molecule has 3 aliphatic rings. The van der Waals surface area contributed by atoms with E-state index in [0.29, 0.717) is 6.04 Å². The zero-order valence-electron chi connectivity index (χ0n) is 15.6. The molecule has 1 aliphatic heterocycles. The minimum atomic E-state index is 0.646. The van der Waals surface area contributed by atoms with Crippen LogP contribution in [0.3, 0.4) is 0 Å². The molecule has 2 aliphatic carbocycles. The quantitative estimate of drug-likeness (QED) is 0.838. The first-order valence-electron chi connectivity index (χ1n) is 10.4. The molecule has 3 atom stereocenters. The fourth-order valence-corrected chi connectivity index (χ4v) is 5.33. The van der Waals surface area contributed by atoms with Crippen molar-refractivity contribution < 1.29 is 0 Å². The highest BCUT2D eigenvalue weighted by molar-refractivity contribution is 4.89. The number of hydrogen-bond acceptors (Lipinski definition) is 3. The predicted octanol–water partition coefficient (Wildman–Crippen LogP) is 3.35. The summed E-state index contributed by atoms with van der Waals surface area (Å²) in [4.78, 5) is 5.12. The Labute approximate surface area is 144 Å². The number of piperazine rings is 1. The summed E-state index contributed by atoms with van der Waals surface area (Å²) in [5.74, 6) is 2.00. The first kappa shape index (κ1) is 17.7. The summed E-state index contributed by atoms with van der Waals surface area (Å²) >= 11 is 0. The molecule has 1 N–H and O–H groups in total. The van der Waals surface area contributed by atoms with E-state index in [2.05, 4.69) is 29.1 Å². The lowest BCUT2D eigenvalue weighted by molar-refractivity contribution is 0.118. The molecule has 3 heteroatoms. The van der Waals surface area contributed by atoms with E-state index in [-0.39, 0.29) is 0 Å². The van der Waals surface area contributed by atoms with Gasteiger partial charge in [0.15, 0.2) is 0 Å². The molecule has 3 rings (SSSR count).